The zero-order valence-corrected chi connectivity index (χ0v) is 15.9. The van der Waals surface area contributed by atoms with E-state index >= 15 is 0 Å². The molecule has 0 radical (unpaired) electrons. The molecule has 1 aromatic carbocycles. The summed E-state index contributed by atoms with van der Waals surface area (Å²) in [5.41, 5.74) is 1.28. The molecular weight excluding hydrogens is 366 g/mol. The van der Waals surface area contributed by atoms with Gasteiger partial charge in [0, 0.05) is 11.0 Å². The van der Waals surface area contributed by atoms with E-state index in [0.29, 0.717) is 15.9 Å². The number of benzene rings is 1. The lowest BCUT2D eigenvalue weighted by Gasteiger charge is -2.13. The second-order valence-electron chi connectivity index (χ2n) is 7.05. The van der Waals surface area contributed by atoms with E-state index in [0.717, 1.165) is 10.6 Å². The summed E-state index contributed by atoms with van der Waals surface area (Å²) in [4.78, 5) is 32.1. The highest BCUT2D eigenvalue weighted by Crippen LogP contribution is 2.41. The Labute approximate surface area is 159 Å². The van der Waals surface area contributed by atoms with E-state index < -0.39 is 18.4 Å². The van der Waals surface area contributed by atoms with Crippen molar-refractivity contribution in [3.05, 3.63) is 41.0 Å². The van der Waals surface area contributed by atoms with Crippen molar-refractivity contribution in [3.8, 4) is 17.0 Å². The number of pyridine rings is 1. The van der Waals surface area contributed by atoms with Gasteiger partial charge < -0.3 is 15.5 Å². The summed E-state index contributed by atoms with van der Waals surface area (Å²) < 4.78 is 0.453. The number of aromatic nitrogens is 2. The Bertz CT molecular complexity index is 1020. The predicted molar refractivity (Wildman–Crippen MR) is 103 cm³/mol. The van der Waals surface area contributed by atoms with E-state index in [1.807, 2.05) is 51.1 Å². The molecule has 140 valence electrons. The molecule has 8 heteroatoms. The smallest absolute Gasteiger partial charge is 0.322 e. The molecule has 3 N–H and O–H groups in total. The standard InChI is InChI=1S/C19H19N3O4S/c1-19(2,3)18-22-13-12(10-7-5-4-6-8-10)21-14(15(25)16(13)27-18)17(26)20-9-11(23)24/h4-8,25H,9H2,1-3H3,(H,20,26)(H,23,24). The van der Waals surface area contributed by atoms with Gasteiger partial charge in [-0.15, -0.1) is 11.3 Å². The Morgan fingerprint density at radius 1 is 1.15 bits per heavy atom. The summed E-state index contributed by atoms with van der Waals surface area (Å²) in [5.74, 6) is -2.22. The second-order valence-corrected chi connectivity index (χ2v) is 8.05. The summed E-state index contributed by atoms with van der Waals surface area (Å²) >= 11 is 1.30. The number of hydrogen-bond donors (Lipinski definition) is 3. The predicted octanol–water partition coefficient (Wildman–Crippen LogP) is 3.18. The van der Waals surface area contributed by atoms with Gasteiger partial charge in [0.15, 0.2) is 11.4 Å². The summed E-state index contributed by atoms with van der Waals surface area (Å²) in [6.07, 6.45) is 0. The van der Waals surface area contributed by atoms with Crippen molar-refractivity contribution >= 4 is 33.4 Å². The molecule has 7 nitrogen and oxygen atoms in total. The van der Waals surface area contributed by atoms with Crippen molar-refractivity contribution in [1.82, 2.24) is 15.3 Å². The van der Waals surface area contributed by atoms with Crippen molar-refractivity contribution in [3.63, 3.8) is 0 Å². The molecule has 3 rings (SSSR count). The Kier molecular flexibility index (Phi) is 4.84. The average molecular weight is 385 g/mol. The van der Waals surface area contributed by atoms with Gasteiger partial charge in [-0.25, -0.2) is 9.97 Å². The first-order valence-electron chi connectivity index (χ1n) is 8.28. The van der Waals surface area contributed by atoms with Crippen LogP contribution in [-0.2, 0) is 10.2 Å². The maximum atomic E-state index is 12.4. The molecule has 2 aromatic heterocycles. The Hall–Kier alpha value is -3.00. The molecule has 0 saturated carbocycles. The third kappa shape index (κ3) is 3.75. The van der Waals surface area contributed by atoms with Crippen molar-refractivity contribution in [2.24, 2.45) is 0 Å². The molecule has 27 heavy (non-hydrogen) atoms. The van der Waals surface area contributed by atoms with Crippen molar-refractivity contribution in [2.45, 2.75) is 26.2 Å². The number of carboxylic acid groups (broad SMARTS) is 1. The molecule has 0 spiro atoms. The van der Waals surface area contributed by atoms with Crippen LogP contribution < -0.4 is 5.32 Å². The molecule has 0 fully saturated rings. The fraction of sp³-hybridized carbons (Fsp3) is 0.263. The van der Waals surface area contributed by atoms with E-state index in [-0.39, 0.29) is 16.9 Å². The lowest BCUT2D eigenvalue weighted by atomic mass is 9.98. The van der Waals surface area contributed by atoms with E-state index in [4.69, 9.17) is 5.11 Å². The highest BCUT2D eigenvalue weighted by atomic mass is 32.1. The number of aromatic hydroxyl groups is 1. The Morgan fingerprint density at radius 2 is 1.81 bits per heavy atom. The molecule has 0 saturated heterocycles. The molecule has 2 heterocycles. The highest BCUT2D eigenvalue weighted by Gasteiger charge is 2.26. The SMILES string of the molecule is CC(C)(C)c1nc2c(-c3ccccc3)nc(C(=O)NCC(=O)O)c(O)c2s1. The normalized spacial score (nSPS) is 11.5. The van der Waals surface area contributed by atoms with Gasteiger partial charge in [0.2, 0.25) is 0 Å². The van der Waals surface area contributed by atoms with Gasteiger partial charge in [-0.2, -0.15) is 0 Å². The fourth-order valence-electron chi connectivity index (χ4n) is 2.48. The molecule has 0 aliphatic carbocycles. The highest BCUT2D eigenvalue weighted by molar-refractivity contribution is 7.19. The van der Waals surface area contributed by atoms with Crippen LogP contribution in [0.25, 0.3) is 21.5 Å². The van der Waals surface area contributed by atoms with Gasteiger partial charge in [0.05, 0.1) is 10.7 Å². The van der Waals surface area contributed by atoms with E-state index in [1.165, 1.54) is 11.3 Å². The minimum Gasteiger partial charge on any atom is -0.504 e. The van der Waals surface area contributed by atoms with Gasteiger partial charge in [-0.1, -0.05) is 51.1 Å². The van der Waals surface area contributed by atoms with Crippen LogP contribution >= 0.6 is 11.3 Å². The number of carbonyl (C=O) groups excluding carboxylic acids is 1. The fourth-order valence-corrected chi connectivity index (χ4v) is 3.55. The maximum absolute atomic E-state index is 12.4. The quantitative estimate of drug-likeness (QED) is 0.636. The Balaban J connectivity index is 2.24. The topological polar surface area (TPSA) is 112 Å². The summed E-state index contributed by atoms with van der Waals surface area (Å²) in [7, 11) is 0. The summed E-state index contributed by atoms with van der Waals surface area (Å²) in [6.45, 7) is 5.47. The van der Waals surface area contributed by atoms with Crippen molar-refractivity contribution in [2.75, 3.05) is 6.54 Å². The van der Waals surface area contributed by atoms with Crippen molar-refractivity contribution < 1.29 is 19.8 Å². The van der Waals surface area contributed by atoms with Crippen LogP contribution in [0.15, 0.2) is 30.3 Å². The molecule has 3 aromatic rings. The van der Waals surface area contributed by atoms with E-state index in [9.17, 15) is 14.7 Å². The van der Waals surface area contributed by atoms with Gasteiger partial charge in [-0.05, 0) is 0 Å². The number of fused-ring (bicyclic) bond motifs is 1. The average Bonchev–Trinajstić information content (AvgIpc) is 3.07. The first kappa shape index (κ1) is 18.8. The van der Waals surface area contributed by atoms with E-state index in [1.54, 1.807) is 0 Å². The number of hydrogen-bond acceptors (Lipinski definition) is 6. The van der Waals surface area contributed by atoms with Crippen LogP contribution in [0.5, 0.6) is 5.75 Å². The van der Waals surface area contributed by atoms with Crippen LogP contribution in [-0.4, -0.2) is 38.6 Å². The van der Waals surface area contributed by atoms with Crippen molar-refractivity contribution in [1.29, 1.82) is 0 Å². The van der Waals surface area contributed by atoms with Crippen LogP contribution in [0, 0.1) is 0 Å². The largest absolute Gasteiger partial charge is 0.504 e. The zero-order chi connectivity index (χ0) is 19.8. The van der Waals surface area contributed by atoms with Gasteiger partial charge in [-0.3, -0.25) is 9.59 Å². The molecule has 1 amide bonds. The molecule has 0 aliphatic heterocycles. The second kappa shape index (κ2) is 6.96. The molecular formula is C19H19N3O4S. The van der Waals surface area contributed by atoms with Crippen LogP contribution in [0.3, 0.4) is 0 Å². The number of carboxylic acids is 1. The number of nitrogens with one attached hydrogen (secondary N) is 1. The van der Waals surface area contributed by atoms with Gasteiger partial charge in [0.25, 0.3) is 5.91 Å². The molecule has 0 aliphatic rings. The zero-order valence-electron chi connectivity index (χ0n) is 15.1. The third-order valence-corrected chi connectivity index (χ3v) is 5.31. The Morgan fingerprint density at radius 3 is 2.41 bits per heavy atom. The van der Waals surface area contributed by atoms with Gasteiger partial charge in [0.1, 0.15) is 16.8 Å². The van der Waals surface area contributed by atoms with Crippen LogP contribution in [0.1, 0.15) is 36.3 Å². The summed E-state index contributed by atoms with van der Waals surface area (Å²) in [5, 5.41) is 22.4. The molecule has 0 bridgehead atoms. The maximum Gasteiger partial charge on any atom is 0.322 e. The lowest BCUT2D eigenvalue weighted by Crippen LogP contribution is -2.30. The first-order chi connectivity index (χ1) is 12.7. The summed E-state index contributed by atoms with van der Waals surface area (Å²) in [6, 6.07) is 9.23. The lowest BCUT2D eigenvalue weighted by molar-refractivity contribution is -0.135. The van der Waals surface area contributed by atoms with Crippen LogP contribution in [0.4, 0.5) is 0 Å². The number of nitrogens with zero attached hydrogens (tertiary/aromatic N) is 2. The number of aliphatic carboxylic acids is 1. The van der Waals surface area contributed by atoms with Gasteiger partial charge >= 0.3 is 5.97 Å². The number of carbonyl (C=O) groups is 2. The minimum atomic E-state index is -1.18. The first-order valence-corrected chi connectivity index (χ1v) is 9.09. The third-order valence-electron chi connectivity index (χ3n) is 3.82. The van der Waals surface area contributed by atoms with Crippen LogP contribution in [0.2, 0.25) is 0 Å². The molecule has 0 unspecified atom stereocenters. The monoisotopic (exact) mass is 385 g/mol. The molecule has 0 atom stereocenters. The number of thiazole rings is 1. The number of rotatable bonds is 4. The number of amides is 1. The van der Waals surface area contributed by atoms with E-state index in [2.05, 4.69) is 15.3 Å². The minimum absolute atomic E-state index is 0.216.